The SMILES string of the molecule is CNC(=O)[C@H](C)N(Cc1ccc(Br)cc1)C(=O)CN(c1cc(C(F)(F)F)ccc1Cl)S(C)(=O)=O. The Morgan fingerprint density at radius 3 is 2.24 bits per heavy atom. The summed E-state index contributed by atoms with van der Waals surface area (Å²) in [6.45, 7) is 0.546. The van der Waals surface area contributed by atoms with E-state index in [4.69, 9.17) is 11.6 Å². The first-order valence-electron chi connectivity index (χ1n) is 9.75. The number of benzene rings is 2. The minimum absolute atomic E-state index is 0.0470. The summed E-state index contributed by atoms with van der Waals surface area (Å²) in [5, 5.41) is 2.14. The van der Waals surface area contributed by atoms with Crippen molar-refractivity contribution in [2.75, 3.05) is 24.2 Å². The topological polar surface area (TPSA) is 86.8 Å². The highest BCUT2D eigenvalue weighted by Gasteiger charge is 2.34. The standard InChI is InChI=1S/C21H22BrClF3N3O4S/c1-13(20(31)27-2)28(11-14-4-7-16(22)8-5-14)19(30)12-29(34(3,32)33)18-10-15(21(24,25)26)6-9-17(18)23/h4-10,13H,11-12H2,1-3H3,(H,27,31)/t13-/m0/s1. The van der Waals surface area contributed by atoms with Crippen molar-refractivity contribution in [3.63, 3.8) is 0 Å². The number of anilines is 1. The summed E-state index contributed by atoms with van der Waals surface area (Å²) in [6, 6.07) is 8.06. The van der Waals surface area contributed by atoms with E-state index in [1.807, 2.05) is 0 Å². The Morgan fingerprint density at radius 2 is 1.74 bits per heavy atom. The zero-order chi connectivity index (χ0) is 25.8. The molecule has 1 atom stereocenters. The Balaban J connectivity index is 2.48. The summed E-state index contributed by atoms with van der Waals surface area (Å²) >= 11 is 9.32. The minimum Gasteiger partial charge on any atom is -0.357 e. The second kappa shape index (κ2) is 11.0. The van der Waals surface area contributed by atoms with E-state index in [9.17, 15) is 31.2 Å². The molecule has 7 nitrogen and oxygen atoms in total. The summed E-state index contributed by atoms with van der Waals surface area (Å²) in [5.41, 5.74) is -0.975. The van der Waals surface area contributed by atoms with E-state index in [2.05, 4.69) is 21.2 Å². The molecule has 13 heteroatoms. The smallest absolute Gasteiger partial charge is 0.357 e. The van der Waals surface area contributed by atoms with Crippen LogP contribution in [0.5, 0.6) is 0 Å². The van der Waals surface area contributed by atoms with Crippen molar-refractivity contribution >= 4 is 55.1 Å². The van der Waals surface area contributed by atoms with Crippen LogP contribution in [0.4, 0.5) is 18.9 Å². The van der Waals surface area contributed by atoms with Gasteiger partial charge in [-0.1, -0.05) is 39.7 Å². The molecule has 0 saturated carbocycles. The molecule has 1 N–H and O–H groups in total. The van der Waals surface area contributed by atoms with Crippen molar-refractivity contribution in [3.8, 4) is 0 Å². The first-order chi connectivity index (χ1) is 15.6. The van der Waals surface area contributed by atoms with Crippen LogP contribution in [0.15, 0.2) is 46.9 Å². The lowest BCUT2D eigenvalue weighted by Crippen LogP contribution is -2.50. The molecule has 2 aromatic carbocycles. The lowest BCUT2D eigenvalue weighted by molar-refractivity contribution is -0.139. The molecule has 34 heavy (non-hydrogen) atoms. The van der Waals surface area contributed by atoms with Gasteiger partial charge in [0.15, 0.2) is 0 Å². The Morgan fingerprint density at radius 1 is 1.15 bits per heavy atom. The van der Waals surface area contributed by atoms with Crippen molar-refractivity contribution in [1.29, 1.82) is 0 Å². The molecule has 0 saturated heterocycles. The Bertz CT molecular complexity index is 1160. The number of likely N-dealkylation sites (N-methyl/N-ethyl adjacent to an activating group) is 1. The third kappa shape index (κ3) is 7.09. The molecular weight excluding hydrogens is 563 g/mol. The molecule has 0 aliphatic heterocycles. The van der Waals surface area contributed by atoms with E-state index in [0.717, 1.165) is 21.7 Å². The number of alkyl halides is 3. The molecule has 2 aromatic rings. The maximum absolute atomic E-state index is 13.3. The normalized spacial score (nSPS) is 12.7. The Labute approximate surface area is 209 Å². The second-order valence-electron chi connectivity index (χ2n) is 7.37. The molecule has 0 aliphatic carbocycles. The maximum atomic E-state index is 13.3. The predicted octanol–water partition coefficient (Wildman–Crippen LogP) is 4.05. The van der Waals surface area contributed by atoms with Crippen LogP contribution in [0.2, 0.25) is 5.02 Å². The fraction of sp³-hybridized carbons (Fsp3) is 0.333. The van der Waals surface area contributed by atoms with Crippen LogP contribution in [-0.4, -0.2) is 51.0 Å². The van der Waals surface area contributed by atoms with E-state index in [-0.39, 0.29) is 11.6 Å². The largest absolute Gasteiger partial charge is 0.416 e. The summed E-state index contributed by atoms with van der Waals surface area (Å²) in [7, 11) is -2.85. The summed E-state index contributed by atoms with van der Waals surface area (Å²) < 4.78 is 65.9. The number of carbonyl (C=O) groups is 2. The highest BCUT2D eigenvalue weighted by atomic mass is 79.9. The number of hydrogen-bond acceptors (Lipinski definition) is 4. The van der Waals surface area contributed by atoms with Gasteiger partial charge in [-0.25, -0.2) is 8.42 Å². The molecule has 0 spiro atoms. The zero-order valence-corrected chi connectivity index (χ0v) is 21.5. The van der Waals surface area contributed by atoms with Crippen LogP contribution < -0.4 is 9.62 Å². The van der Waals surface area contributed by atoms with Crippen molar-refractivity contribution in [1.82, 2.24) is 10.2 Å². The van der Waals surface area contributed by atoms with E-state index >= 15 is 0 Å². The molecule has 0 bridgehead atoms. The number of nitrogens with one attached hydrogen (secondary N) is 1. The van der Waals surface area contributed by atoms with Gasteiger partial charge >= 0.3 is 6.18 Å². The first-order valence-corrected chi connectivity index (χ1v) is 12.8. The van der Waals surface area contributed by atoms with E-state index in [0.29, 0.717) is 22.0 Å². The van der Waals surface area contributed by atoms with Gasteiger partial charge in [-0.3, -0.25) is 13.9 Å². The molecule has 0 radical (unpaired) electrons. The molecule has 0 aromatic heterocycles. The second-order valence-corrected chi connectivity index (χ2v) is 10.6. The number of nitrogens with zero attached hydrogens (tertiary/aromatic N) is 2. The number of hydrogen-bond donors (Lipinski definition) is 1. The molecule has 186 valence electrons. The molecule has 2 amide bonds. The van der Waals surface area contributed by atoms with Crippen molar-refractivity contribution in [3.05, 3.63) is 63.1 Å². The molecule has 0 heterocycles. The van der Waals surface area contributed by atoms with Gasteiger partial charge in [0, 0.05) is 18.1 Å². The maximum Gasteiger partial charge on any atom is 0.416 e. The molecule has 0 fully saturated rings. The summed E-state index contributed by atoms with van der Waals surface area (Å²) in [5.74, 6) is -1.31. The average molecular weight is 585 g/mol. The fourth-order valence-corrected chi connectivity index (χ4v) is 4.44. The summed E-state index contributed by atoms with van der Waals surface area (Å²) in [6.07, 6.45) is -4.01. The number of rotatable bonds is 8. The van der Waals surface area contributed by atoms with Gasteiger partial charge in [0.05, 0.1) is 22.5 Å². The lowest BCUT2D eigenvalue weighted by atomic mass is 10.1. The Kier molecular flexibility index (Phi) is 9.00. The van der Waals surface area contributed by atoms with Crippen molar-refractivity contribution in [2.24, 2.45) is 0 Å². The van der Waals surface area contributed by atoms with Gasteiger partial charge in [-0.2, -0.15) is 13.2 Å². The van der Waals surface area contributed by atoms with E-state index in [1.54, 1.807) is 24.3 Å². The van der Waals surface area contributed by atoms with Gasteiger partial charge in [0.25, 0.3) is 0 Å². The molecule has 0 aliphatic rings. The monoisotopic (exact) mass is 583 g/mol. The third-order valence-corrected chi connectivity index (χ3v) is 6.88. The fourth-order valence-electron chi connectivity index (χ4n) is 3.05. The summed E-state index contributed by atoms with van der Waals surface area (Å²) in [4.78, 5) is 26.7. The number of halogens is 5. The van der Waals surface area contributed by atoms with Gasteiger partial charge in [0.1, 0.15) is 12.6 Å². The quantitative estimate of drug-likeness (QED) is 0.507. The predicted molar refractivity (Wildman–Crippen MR) is 127 cm³/mol. The van der Waals surface area contributed by atoms with E-state index in [1.165, 1.54) is 14.0 Å². The highest BCUT2D eigenvalue weighted by molar-refractivity contribution is 9.10. The highest BCUT2D eigenvalue weighted by Crippen LogP contribution is 2.36. The zero-order valence-electron chi connectivity index (χ0n) is 18.4. The van der Waals surface area contributed by atoms with E-state index < -0.39 is 51.9 Å². The van der Waals surface area contributed by atoms with Crippen LogP contribution in [0.1, 0.15) is 18.1 Å². The number of carbonyl (C=O) groups excluding carboxylic acids is 2. The minimum atomic E-state index is -4.76. The van der Waals surface area contributed by atoms with Gasteiger partial charge < -0.3 is 10.2 Å². The van der Waals surface area contributed by atoms with Crippen LogP contribution in [0, 0.1) is 0 Å². The Hall–Kier alpha value is -2.31. The van der Waals surface area contributed by atoms with Crippen molar-refractivity contribution in [2.45, 2.75) is 25.7 Å². The van der Waals surface area contributed by atoms with Crippen LogP contribution in [-0.2, 0) is 32.3 Å². The third-order valence-electron chi connectivity index (χ3n) is 4.90. The first kappa shape index (κ1) is 27.9. The van der Waals surface area contributed by atoms with Crippen molar-refractivity contribution < 1.29 is 31.2 Å². The van der Waals surface area contributed by atoms with Crippen LogP contribution in [0.3, 0.4) is 0 Å². The van der Waals surface area contributed by atoms with Crippen LogP contribution >= 0.6 is 27.5 Å². The van der Waals surface area contributed by atoms with Gasteiger partial charge in [0.2, 0.25) is 21.8 Å². The molecular formula is C21H22BrClF3N3O4S. The lowest BCUT2D eigenvalue weighted by Gasteiger charge is -2.31. The number of amides is 2. The molecule has 0 unspecified atom stereocenters. The average Bonchev–Trinajstić information content (AvgIpc) is 2.74. The molecule has 2 rings (SSSR count). The van der Waals surface area contributed by atoms with Gasteiger partial charge in [-0.15, -0.1) is 0 Å². The van der Waals surface area contributed by atoms with Crippen LogP contribution in [0.25, 0.3) is 0 Å². The number of sulfonamides is 1. The van der Waals surface area contributed by atoms with Gasteiger partial charge in [-0.05, 0) is 42.8 Å².